The van der Waals surface area contributed by atoms with Gasteiger partial charge in [0.25, 0.3) is 5.82 Å². The average molecular weight is 182 g/mol. The molecule has 1 aromatic rings. The predicted octanol–water partition coefficient (Wildman–Crippen LogP) is -0.0726. The summed E-state index contributed by atoms with van der Waals surface area (Å²) >= 11 is 0. The molecule has 0 spiro atoms. The number of aromatic nitrogens is 3. The molecule has 0 saturated carbocycles. The van der Waals surface area contributed by atoms with E-state index >= 15 is 0 Å². The minimum Gasteiger partial charge on any atom is -0.475 e. The molecule has 1 aliphatic heterocycles. The lowest BCUT2D eigenvalue weighted by Crippen LogP contribution is -2.14. The first-order chi connectivity index (χ1) is 6.27. The molecule has 1 aliphatic rings. The normalized spacial score (nSPS) is 22.0. The van der Waals surface area contributed by atoms with Gasteiger partial charge in [-0.25, -0.2) is 9.78 Å². The lowest BCUT2D eigenvalue weighted by Gasteiger charge is -2.03. The molecule has 0 amide bonds. The molecule has 2 heterocycles. The van der Waals surface area contributed by atoms with Crippen molar-refractivity contribution in [1.82, 2.24) is 20.5 Å². The third kappa shape index (κ3) is 1.52. The van der Waals surface area contributed by atoms with Gasteiger partial charge in [0.2, 0.25) is 0 Å². The Kier molecular flexibility index (Phi) is 1.97. The van der Waals surface area contributed by atoms with E-state index in [1.807, 2.05) is 0 Å². The van der Waals surface area contributed by atoms with Crippen LogP contribution in [-0.4, -0.2) is 32.8 Å². The number of hydrogen-bond acceptors (Lipinski definition) is 4. The molecule has 2 rings (SSSR count). The van der Waals surface area contributed by atoms with E-state index in [2.05, 4.69) is 20.5 Å². The fourth-order valence-electron chi connectivity index (χ4n) is 1.44. The number of H-pyrrole nitrogens is 1. The van der Waals surface area contributed by atoms with Gasteiger partial charge in [-0.3, -0.25) is 5.10 Å². The molecule has 6 nitrogen and oxygen atoms in total. The van der Waals surface area contributed by atoms with Crippen LogP contribution in [0.1, 0.15) is 35.3 Å². The van der Waals surface area contributed by atoms with Crippen molar-refractivity contribution in [3.8, 4) is 0 Å². The second-order valence-electron chi connectivity index (χ2n) is 3.00. The molecule has 13 heavy (non-hydrogen) atoms. The first-order valence-corrected chi connectivity index (χ1v) is 4.16. The summed E-state index contributed by atoms with van der Waals surface area (Å²) in [5, 5.41) is 18.0. The maximum Gasteiger partial charge on any atom is 0.375 e. The highest BCUT2D eigenvalue weighted by Crippen LogP contribution is 2.19. The van der Waals surface area contributed by atoms with Crippen LogP contribution in [-0.2, 0) is 0 Å². The van der Waals surface area contributed by atoms with Crippen molar-refractivity contribution in [2.45, 2.75) is 18.9 Å². The number of carboxylic acid groups (broad SMARTS) is 1. The molecule has 0 radical (unpaired) electrons. The molecule has 0 bridgehead atoms. The largest absolute Gasteiger partial charge is 0.475 e. The summed E-state index contributed by atoms with van der Waals surface area (Å²) in [4.78, 5) is 14.3. The van der Waals surface area contributed by atoms with Crippen molar-refractivity contribution in [3.63, 3.8) is 0 Å². The number of carboxylic acids is 1. The third-order valence-electron chi connectivity index (χ3n) is 2.08. The Morgan fingerprint density at radius 3 is 3.00 bits per heavy atom. The molecule has 1 fully saturated rings. The van der Waals surface area contributed by atoms with Crippen molar-refractivity contribution in [2.24, 2.45) is 0 Å². The molecule has 6 heteroatoms. The van der Waals surface area contributed by atoms with Gasteiger partial charge < -0.3 is 10.4 Å². The van der Waals surface area contributed by atoms with E-state index in [4.69, 9.17) is 5.11 Å². The molecular formula is C7H10N4O2. The molecule has 1 saturated heterocycles. The second kappa shape index (κ2) is 3.14. The van der Waals surface area contributed by atoms with Crippen molar-refractivity contribution < 1.29 is 9.90 Å². The lowest BCUT2D eigenvalue weighted by atomic mass is 10.2. The highest BCUT2D eigenvalue weighted by atomic mass is 16.4. The van der Waals surface area contributed by atoms with Crippen LogP contribution in [0.3, 0.4) is 0 Å². The molecule has 3 N–H and O–H groups in total. The molecular weight excluding hydrogens is 172 g/mol. The zero-order chi connectivity index (χ0) is 9.26. The average Bonchev–Trinajstić information content (AvgIpc) is 2.75. The Bertz CT molecular complexity index is 316. The van der Waals surface area contributed by atoms with Crippen LogP contribution in [0, 0.1) is 0 Å². The van der Waals surface area contributed by atoms with E-state index in [0.717, 1.165) is 19.4 Å². The minimum absolute atomic E-state index is 0.139. The summed E-state index contributed by atoms with van der Waals surface area (Å²) in [6.45, 7) is 0.952. The highest BCUT2D eigenvalue weighted by Gasteiger charge is 2.21. The van der Waals surface area contributed by atoms with Crippen LogP contribution < -0.4 is 5.32 Å². The SMILES string of the molecule is O=C(O)c1n[nH]c(C2CCCN2)n1. The second-order valence-corrected chi connectivity index (χ2v) is 3.00. The molecule has 0 aromatic carbocycles. The topological polar surface area (TPSA) is 90.9 Å². The third-order valence-corrected chi connectivity index (χ3v) is 2.08. The Balaban J connectivity index is 2.16. The molecule has 1 unspecified atom stereocenters. The number of nitrogens with one attached hydrogen (secondary N) is 2. The molecule has 1 atom stereocenters. The van der Waals surface area contributed by atoms with E-state index in [1.54, 1.807) is 0 Å². The van der Waals surface area contributed by atoms with Crippen molar-refractivity contribution in [3.05, 3.63) is 11.6 Å². The van der Waals surface area contributed by atoms with Crippen LogP contribution in [0.25, 0.3) is 0 Å². The van der Waals surface area contributed by atoms with Crippen molar-refractivity contribution in [1.29, 1.82) is 0 Å². The standard InChI is InChI=1S/C7H10N4O2/c12-7(13)6-9-5(10-11-6)4-2-1-3-8-4/h4,8H,1-3H2,(H,12,13)(H,9,10,11). The monoisotopic (exact) mass is 182 g/mol. The van der Waals surface area contributed by atoms with Gasteiger partial charge in [0.05, 0.1) is 6.04 Å². The van der Waals surface area contributed by atoms with Crippen LogP contribution >= 0.6 is 0 Å². The fraction of sp³-hybridized carbons (Fsp3) is 0.571. The number of hydrogen-bond donors (Lipinski definition) is 3. The Labute approximate surface area is 74.4 Å². The van der Waals surface area contributed by atoms with Gasteiger partial charge in [-0.2, -0.15) is 0 Å². The van der Waals surface area contributed by atoms with Gasteiger partial charge in [0.1, 0.15) is 5.82 Å². The van der Waals surface area contributed by atoms with E-state index in [1.165, 1.54) is 0 Å². The van der Waals surface area contributed by atoms with Crippen LogP contribution in [0.4, 0.5) is 0 Å². The molecule has 1 aromatic heterocycles. The fourth-order valence-corrected chi connectivity index (χ4v) is 1.44. The zero-order valence-electron chi connectivity index (χ0n) is 6.95. The number of nitrogens with zero attached hydrogens (tertiary/aromatic N) is 2. The van der Waals surface area contributed by atoms with Gasteiger partial charge in [-0.15, -0.1) is 5.10 Å². The van der Waals surface area contributed by atoms with Gasteiger partial charge in [-0.05, 0) is 19.4 Å². The van der Waals surface area contributed by atoms with Crippen molar-refractivity contribution >= 4 is 5.97 Å². The molecule has 70 valence electrons. The summed E-state index contributed by atoms with van der Waals surface area (Å²) in [5.74, 6) is -0.640. The molecule has 0 aliphatic carbocycles. The van der Waals surface area contributed by atoms with Crippen LogP contribution in [0.15, 0.2) is 0 Å². The van der Waals surface area contributed by atoms with Crippen molar-refractivity contribution in [2.75, 3.05) is 6.54 Å². The number of carbonyl (C=O) groups is 1. The quantitative estimate of drug-likeness (QED) is 0.595. The van der Waals surface area contributed by atoms with Gasteiger partial charge >= 0.3 is 5.97 Å². The van der Waals surface area contributed by atoms with E-state index in [-0.39, 0.29) is 11.9 Å². The smallest absolute Gasteiger partial charge is 0.375 e. The summed E-state index contributed by atoms with van der Waals surface area (Å²) in [5.41, 5.74) is 0. The summed E-state index contributed by atoms with van der Waals surface area (Å²) in [6, 6.07) is 0.139. The Hall–Kier alpha value is -1.43. The minimum atomic E-state index is -1.10. The summed E-state index contributed by atoms with van der Waals surface area (Å²) in [6.07, 6.45) is 2.07. The predicted molar refractivity (Wildman–Crippen MR) is 43.3 cm³/mol. The number of rotatable bonds is 2. The first-order valence-electron chi connectivity index (χ1n) is 4.16. The first kappa shape index (κ1) is 8.18. The summed E-state index contributed by atoms with van der Waals surface area (Å²) < 4.78 is 0. The van der Waals surface area contributed by atoms with E-state index < -0.39 is 5.97 Å². The zero-order valence-corrected chi connectivity index (χ0v) is 6.95. The van der Waals surface area contributed by atoms with Gasteiger partial charge in [-0.1, -0.05) is 0 Å². The summed E-state index contributed by atoms with van der Waals surface area (Å²) in [7, 11) is 0. The van der Waals surface area contributed by atoms with E-state index in [0.29, 0.717) is 5.82 Å². The number of aromatic carboxylic acids is 1. The maximum absolute atomic E-state index is 10.5. The van der Waals surface area contributed by atoms with Crippen LogP contribution in [0.2, 0.25) is 0 Å². The van der Waals surface area contributed by atoms with Gasteiger partial charge in [0, 0.05) is 0 Å². The van der Waals surface area contributed by atoms with E-state index in [9.17, 15) is 4.79 Å². The maximum atomic E-state index is 10.5. The van der Waals surface area contributed by atoms with Crippen LogP contribution in [0.5, 0.6) is 0 Å². The highest BCUT2D eigenvalue weighted by molar-refractivity contribution is 5.82. The van der Waals surface area contributed by atoms with Gasteiger partial charge in [0.15, 0.2) is 0 Å². The Morgan fingerprint density at radius 1 is 1.62 bits per heavy atom. The Morgan fingerprint density at radius 2 is 2.46 bits per heavy atom. The number of aromatic amines is 1. The lowest BCUT2D eigenvalue weighted by molar-refractivity contribution is 0.0684.